The number of nitrogens with zero attached hydrogens (tertiary/aromatic N) is 2. The van der Waals surface area contributed by atoms with Crippen LogP contribution in [0.5, 0.6) is 0 Å². The molecule has 7 heteroatoms. The highest BCUT2D eigenvalue weighted by atomic mass is 127. The molecule has 0 amide bonds. The largest absolute Gasteiger partial charge is 0.466 e. The fraction of sp³-hybridized carbons (Fsp3) is 0.867. The van der Waals surface area contributed by atoms with E-state index < -0.39 is 0 Å². The number of nitrogens with one attached hydrogen (secondary N) is 1. The zero-order valence-corrected chi connectivity index (χ0v) is 16.3. The van der Waals surface area contributed by atoms with E-state index in [-0.39, 0.29) is 35.9 Å². The third-order valence-electron chi connectivity index (χ3n) is 3.51. The molecule has 0 bridgehead atoms. The van der Waals surface area contributed by atoms with Gasteiger partial charge in [-0.3, -0.25) is 9.79 Å². The first kappa shape index (κ1) is 21.4. The summed E-state index contributed by atoms with van der Waals surface area (Å²) in [5, 5.41) is 3.33. The highest BCUT2D eigenvalue weighted by molar-refractivity contribution is 14.0. The number of aliphatic imine (C=N–C) groups is 1. The maximum atomic E-state index is 11.9. The highest BCUT2D eigenvalue weighted by Crippen LogP contribution is 2.17. The molecule has 1 atom stereocenters. The van der Waals surface area contributed by atoms with E-state index in [1.54, 1.807) is 7.05 Å². The number of carbonyl (C=O) groups is 1. The summed E-state index contributed by atoms with van der Waals surface area (Å²) in [7, 11) is 1.78. The second-order valence-electron chi connectivity index (χ2n) is 5.06. The van der Waals surface area contributed by atoms with Gasteiger partial charge in [0, 0.05) is 39.9 Å². The molecule has 1 heterocycles. The predicted octanol–water partition coefficient (Wildman–Crippen LogP) is 1.88. The molecule has 22 heavy (non-hydrogen) atoms. The van der Waals surface area contributed by atoms with E-state index in [0.717, 1.165) is 51.5 Å². The average molecular weight is 427 g/mol. The van der Waals surface area contributed by atoms with Crippen LogP contribution in [0.2, 0.25) is 0 Å². The second-order valence-corrected chi connectivity index (χ2v) is 5.06. The Kier molecular flexibility index (Phi) is 12.6. The van der Waals surface area contributed by atoms with Crippen molar-refractivity contribution >= 4 is 35.9 Å². The van der Waals surface area contributed by atoms with Crippen molar-refractivity contribution in [3.8, 4) is 0 Å². The number of rotatable bonds is 7. The SMILES string of the molecule is CCOCCCNC(=NC)N1CCCC(C(=O)OCC)C1.I. The van der Waals surface area contributed by atoms with Crippen molar-refractivity contribution in [1.82, 2.24) is 10.2 Å². The molecule has 1 aliphatic heterocycles. The third-order valence-corrected chi connectivity index (χ3v) is 3.51. The van der Waals surface area contributed by atoms with Crippen molar-refractivity contribution in [2.24, 2.45) is 10.9 Å². The van der Waals surface area contributed by atoms with Crippen LogP contribution >= 0.6 is 24.0 Å². The Hall–Kier alpha value is -0.570. The molecule has 0 aromatic heterocycles. The van der Waals surface area contributed by atoms with Crippen LogP contribution in [0.25, 0.3) is 0 Å². The summed E-state index contributed by atoms with van der Waals surface area (Å²) in [6, 6.07) is 0. The number of likely N-dealkylation sites (tertiary alicyclic amines) is 1. The van der Waals surface area contributed by atoms with Gasteiger partial charge in [0.15, 0.2) is 5.96 Å². The summed E-state index contributed by atoms with van der Waals surface area (Å²) in [5.41, 5.74) is 0. The van der Waals surface area contributed by atoms with Gasteiger partial charge < -0.3 is 19.7 Å². The van der Waals surface area contributed by atoms with Crippen molar-refractivity contribution in [3.05, 3.63) is 0 Å². The van der Waals surface area contributed by atoms with Gasteiger partial charge in [-0.25, -0.2) is 0 Å². The molecule has 1 N–H and O–H groups in total. The van der Waals surface area contributed by atoms with Crippen LogP contribution in [0.3, 0.4) is 0 Å². The molecular formula is C15H30IN3O3. The second kappa shape index (κ2) is 12.9. The fourth-order valence-corrected chi connectivity index (χ4v) is 2.47. The standard InChI is InChI=1S/C15H29N3O3.HI/c1-4-20-11-7-9-17-15(16-3)18-10-6-8-13(12-18)14(19)21-5-2;/h13H,4-12H2,1-3H3,(H,16,17);1H. The van der Waals surface area contributed by atoms with Crippen molar-refractivity contribution in [2.45, 2.75) is 33.1 Å². The summed E-state index contributed by atoms with van der Waals surface area (Å²) < 4.78 is 10.4. The number of piperidine rings is 1. The van der Waals surface area contributed by atoms with Gasteiger partial charge in [-0.15, -0.1) is 24.0 Å². The Balaban J connectivity index is 0.00000441. The van der Waals surface area contributed by atoms with Crippen LogP contribution in [-0.4, -0.2) is 63.3 Å². The maximum absolute atomic E-state index is 11.9. The molecule has 1 saturated heterocycles. The van der Waals surface area contributed by atoms with Crippen molar-refractivity contribution in [3.63, 3.8) is 0 Å². The van der Waals surface area contributed by atoms with Gasteiger partial charge in [0.05, 0.1) is 12.5 Å². The molecule has 130 valence electrons. The fourth-order valence-electron chi connectivity index (χ4n) is 2.47. The zero-order chi connectivity index (χ0) is 15.5. The van der Waals surface area contributed by atoms with Crippen LogP contribution in [0.1, 0.15) is 33.1 Å². The minimum absolute atomic E-state index is 0. The Morgan fingerprint density at radius 1 is 1.36 bits per heavy atom. The Bertz CT molecular complexity index is 340. The number of carbonyl (C=O) groups excluding carboxylic acids is 1. The Labute approximate surface area is 151 Å². The van der Waals surface area contributed by atoms with E-state index in [1.165, 1.54) is 0 Å². The molecule has 0 aromatic rings. The van der Waals surface area contributed by atoms with Gasteiger partial charge in [-0.05, 0) is 33.1 Å². The molecule has 0 saturated carbocycles. The molecule has 1 aliphatic rings. The number of hydrogen-bond donors (Lipinski definition) is 1. The van der Waals surface area contributed by atoms with Crippen LogP contribution in [0.4, 0.5) is 0 Å². The first-order valence-corrected chi connectivity index (χ1v) is 7.92. The minimum Gasteiger partial charge on any atom is -0.466 e. The van der Waals surface area contributed by atoms with Crippen LogP contribution < -0.4 is 5.32 Å². The van der Waals surface area contributed by atoms with Gasteiger partial charge in [-0.2, -0.15) is 0 Å². The zero-order valence-electron chi connectivity index (χ0n) is 14.0. The Morgan fingerprint density at radius 3 is 2.77 bits per heavy atom. The summed E-state index contributed by atoms with van der Waals surface area (Å²) >= 11 is 0. The first-order valence-electron chi connectivity index (χ1n) is 7.92. The molecular weight excluding hydrogens is 397 g/mol. The molecule has 0 aliphatic carbocycles. The molecule has 1 fully saturated rings. The average Bonchev–Trinajstić information content (AvgIpc) is 2.51. The van der Waals surface area contributed by atoms with Crippen molar-refractivity contribution < 1.29 is 14.3 Å². The number of halogens is 1. The molecule has 0 aromatic carbocycles. The van der Waals surface area contributed by atoms with Crippen molar-refractivity contribution in [2.75, 3.05) is 46.5 Å². The van der Waals surface area contributed by atoms with Gasteiger partial charge in [-0.1, -0.05) is 0 Å². The lowest BCUT2D eigenvalue weighted by molar-refractivity contribution is -0.149. The lowest BCUT2D eigenvalue weighted by Crippen LogP contribution is -2.48. The van der Waals surface area contributed by atoms with Gasteiger partial charge in [0.1, 0.15) is 0 Å². The molecule has 1 unspecified atom stereocenters. The van der Waals surface area contributed by atoms with E-state index >= 15 is 0 Å². The van der Waals surface area contributed by atoms with Gasteiger partial charge in [0.2, 0.25) is 0 Å². The van der Waals surface area contributed by atoms with E-state index in [4.69, 9.17) is 9.47 Å². The predicted molar refractivity (Wildman–Crippen MR) is 98.8 cm³/mol. The quantitative estimate of drug-likeness (QED) is 0.221. The van der Waals surface area contributed by atoms with Crippen LogP contribution in [0, 0.1) is 5.92 Å². The molecule has 0 spiro atoms. The summed E-state index contributed by atoms with van der Waals surface area (Å²) in [6.07, 6.45) is 2.84. The van der Waals surface area contributed by atoms with E-state index in [0.29, 0.717) is 13.2 Å². The van der Waals surface area contributed by atoms with E-state index in [1.807, 2.05) is 13.8 Å². The number of hydrogen-bond acceptors (Lipinski definition) is 4. The number of esters is 1. The minimum atomic E-state index is -0.0889. The van der Waals surface area contributed by atoms with Crippen molar-refractivity contribution in [1.29, 1.82) is 0 Å². The lowest BCUT2D eigenvalue weighted by atomic mass is 9.98. The normalized spacial score (nSPS) is 18.6. The molecule has 6 nitrogen and oxygen atoms in total. The lowest BCUT2D eigenvalue weighted by Gasteiger charge is -2.33. The monoisotopic (exact) mass is 427 g/mol. The molecule has 1 rings (SSSR count). The molecule has 0 radical (unpaired) electrons. The van der Waals surface area contributed by atoms with Gasteiger partial charge in [0.25, 0.3) is 0 Å². The highest BCUT2D eigenvalue weighted by Gasteiger charge is 2.28. The van der Waals surface area contributed by atoms with Crippen LogP contribution in [-0.2, 0) is 14.3 Å². The Morgan fingerprint density at radius 2 is 2.14 bits per heavy atom. The van der Waals surface area contributed by atoms with Gasteiger partial charge >= 0.3 is 5.97 Å². The third kappa shape index (κ3) is 7.62. The van der Waals surface area contributed by atoms with E-state index in [2.05, 4.69) is 15.2 Å². The summed E-state index contributed by atoms with van der Waals surface area (Å²) in [4.78, 5) is 18.3. The topological polar surface area (TPSA) is 63.2 Å². The van der Waals surface area contributed by atoms with E-state index in [9.17, 15) is 4.79 Å². The first-order chi connectivity index (χ1) is 10.2. The summed E-state index contributed by atoms with van der Waals surface area (Å²) in [5.74, 6) is 0.732. The number of guanidine groups is 1. The smallest absolute Gasteiger partial charge is 0.310 e. The maximum Gasteiger partial charge on any atom is 0.310 e. The van der Waals surface area contributed by atoms with Crippen LogP contribution in [0.15, 0.2) is 4.99 Å². The number of ether oxygens (including phenoxy) is 2. The summed E-state index contributed by atoms with van der Waals surface area (Å²) in [6.45, 7) is 8.24.